The van der Waals surface area contributed by atoms with Crippen molar-refractivity contribution in [3.8, 4) is 11.5 Å². The second-order valence-corrected chi connectivity index (χ2v) is 8.05. The molecule has 3 rings (SSSR count). The van der Waals surface area contributed by atoms with Crippen LogP contribution in [0, 0.1) is 0 Å². The van der Waals surface area contributed by atoms with Crippen molar-refractivity contribution in [1.82, 2.24) is 4.98 Å². The van der Waals surface area contributed by atoms with Crippen LogP contribution in [0.3, 0.4) is 0 Å². The number of methoxy groups -OCH3 is 1. The minimum atomic E-state index is -4.45. The summed E-state index contributed by atoms with van der Waals surface area (Å²) < 4.78 is 49.7. The molecule has 3 aromatic rings. The number of anilines is 1. The molecule has 0 amide bonds. The first-order valence-electron chi connectivity index (χ1n) is 8.94. The normalized spacial score (nSPS) is 11.6. The first-order valence-corrected chi connectivity index (χ1v) is 10.5. The van der Waals surface area contributed by atoms with Crippen LogP contribution in [0.2, 0.25) is 10.0 Å². The molecule has 168 valence electrons. The number of rotatable bonds is 7. The monoisotopic (exact) mass is 547 g/mol. The number of halogens is 6. The van der Waals surface area contributed by atoms with E-state index in [9.17, 15) is 13.2 Å². The predicted molar refractivity (Wildman–Crippen MR) is 122 cm³/mol. The summed E-state index contributed by atoms with van der Waals surface area (Å²) >= 11 is 15.5. The molecule has 0 saturated heterocycles. The Labute approximate surface area is 200 Å². The van der Waals surface area contributed by atoms with Gasteiger partial charge in [-0.3, -0.25) is 5.43 Å². The first-order chi connectivity index (χ1) is 15.2. The number of benzene rings is 2. The molecule has 32 heavy (non-hydrogen) atoms. The van der Waals surface area contributed by atoms with E-state index >= 15 is 0 Å². The van der Waals surface area contributed by atoms with Gasteiger partial charge in [0.1, 0.15) is 12.4 Å². The van der Waals surface area contributed by atoms with Crippen LogP contribution >= 0.6 is 39.1 Å². The van der Waals surface area contributed by atoms with Gasteiger partial charge in [0.05, 0.1) is 18.9 Å². The third-order valence-electron chi connectivity index (χ3n) is 4.15. The molecule has 0 spiro atoms. The zero-order valence-corrected chi connectivity index (χ0v) is 19.5. The summed E-state index contributed by atoms with van der Waals surface area (Å²) in [7, 11) is 1.50. The molecule has 0 fully saturated rings. The Kier molecular flexibility index (Phi) is 7.86. The fourth-order valence-electron chi connectivity index (χ4n) is 2.51. The van der Waals surface area contributed by atoms with Crippen LogP contribution in [-0.4, -0.2) is 18.3 Å². The Bertz CT molecular complexity index is 1130. The fraction of sp³-hybridized carbons (Fsp3) is 0.143. The zero-order valence-electron chi connectivity index (χ0n) is 16.4. The minimum absolute atomic E-state index is 0.164. The van der Waals surface area contributed by atoms with E-state index in [1.165, 1.54) is 19.4 Å². The van der Waals surface area contributed by atoms with Crippen LogP contribution in [0.4, 0.5) is 19.0 Å². The molecular weight excluding hydrogens is 534 g/mol. The van der Waals surface area contributed by atoms with Gasteiger partial charge in [-0.05, 0) is 52.3 Å². The molecule has 0 aliphatic heterocycles. The molecule has 11 heteroatoms. The van der Waals surface area contributed by atoms with E-state index in [0.717, 1.165) is 17.8 Å². The highest BCUT2D eigenvalue weighted by atomic mass is 79.9. The fourth-order valence-corrected chi connectivity index (χ4v) is 3.40. The van der Waals surface area contributed by atoms with Crippen LogP contribution in [0.25, 0.3) is 0 Å². The molecular formula is C21H15BrCl2F3N3O2. The van der Waals surface area contributed by atoms with Gasteiger partial charge in [-0.2, -0.15) is 18.3 Å². The van der Waals surface area contributed by atoms with Crippen LogP contribution in [0.1, 0.15) is 16.7 Å². The lowest BCUT2D eigenvalue weighted by molar-refractivity contribution is -0.137. The van der Waals surface area contributed by atoms with Gasteiger partial charge in [0.15, 0.2) is 11.5 Å². The number of nitrogens with zero attached hydrogens (tertiary/aromatic N) is 2. The maximum absolute atomic E-state index is 12.6. The number of ether oxygens (including phenoxy) is 2. The number of hydrogen-bond acceptors (Lipinski definition) is 5. The highest BCUT2D eigenvalue weighted by Gasteiger charge is 2.30. The molecule has 0 bridgehead atoms. The van der Waals surface area contributed by atoms with Crippen LogP contribution in [0.15, 0.2) is 58.2 Å². The molecule has 5 nitrogen and oxygen atoms in total. The molecule has 0 atom stereocenters. The molecule has 0 aliphatic carbocycles. The smallest absolute Gasteiger partial charge is 0.417 e. The van der Waals surface area contributed by atoms with Crippen molar-refractivity contribution in [2.75, 3.05) is 12.5 Å². The van der Waals surface area contributed by atoms with Gasteiger partial charge in [-0.1, -0.05) is 29.3 Å². The third-order valence-corrected chi connectivity index (χ3v) is 5.43. The van der Waals surface area contributed by atoms with E-state index < -0.39 is 11.7 Å². The molecule has 2 aromatic carbocycles. The molecule has 1 heterocycles. The maximum Gasteiger partial charge on any atom is 0.417 e. The summed E-state index contributed by atoms with van der Waals surface area (Å²) in [6.07, 6.45) is -2.25. The van der Waals surface area contributed by atoms with Crippen molar-refractivity contribution in [2.45, 2.75) is 12.8 Å². The summed E-state index contributed by atoms with van der Waals surface area (Å²) in [6, 6.07) is 10.6. The lowest BCUT2D eigenvalue weighted by Gasteiger charge is -2.13. The SMILES string of the molecule is COc1cc(/C=N\Nc2ccc(C(F)(F)F)cn2)c(Br)cc1OCc1ccc(Cl)cc1Cl. The van der Waals surface area contributed by atoms with Crippen molar-refractivity contribution < 1.29 is 22.6 Å². The quantitative estimate of drug-likeness (QED) is 0.250. The van der Waals surface area contributed by atoms with Crippen molar-refractivity contribution in [3.63, 3.8) is 0 Å². The summed E-state index contributed by atoms with van der Waals surface area (Å²) in [5, 5.41) is 5.03. The van der Waals surface area contributed by atoms with Crippen LogP contribution in [0.5, 0.6) is 11.5 Å². The van der Waals surface area contributed by atoms with E-state index in [2.05, 4.69) is 31.4 Å². The van der Waals surface area contributed by atoms with Crippen molar-refractivity contribution in [3.05, 3.63) is 79.9 Å². The third kappa shape index (κ3) is 6.27. The van der Waals surface area contributed by atoms with Gasteiger partial charge in [0, 0.05) is 31.8 Å². The Morgan fingerprint density at radius 1 is 1.12 bits per heavy atom. The number of hydrogen-bond donors (Lipinski definition) is 1. The molecule has 0 saturated carbocycles. The summed E-state index contributed by atoms with van der Waals surface area (Å²) in [6.45, 7) is 0.202. The minimum Gasteiger partial charge on any atom is -0.493 e. The Balaban J connectivity index is 1.70. The number of nitrogens with one attached hydrogen (secondary N) is 1. The average molecular weight is 549 g/mol. The van der Waals surface area contributed by atoms with E-state index in [0.29, 0.717) is 31.6 Å². The zero-order chi connectivity index (χ0) is 23.3. The standard InChI is InChI=1S/C21H15BrCl2F3N3O2/c1-31-18-6-13(9-29-30-20-5-3-14(10-28-20)21(25,26)27)16(22)8-19(18)32-11-12-2-4-15(23)7-17(12)24/h2-10H,11H2,1H3,(H,28,30)/b29-9-. The summed E-state index contributed by atoms with van der Waals surface area (Å²) in [4.78, 5) is 3.69. The largest absolute Gasteiger partial charge is 0.493 e. The lowest BCUT2D eigenvalue weighted by atomic mass is 10.2. The highest BCUT2D eigenvalue weighted by Crippen LogP contribution is 2.34. The summed E-state index contributed by atoms with van der Waals surface area (Å²) in [5.41, 5.74) is 3.14. The lowest BCUT2D eigenvalue weighted by Crippen LogP contribution is -2.05. The van der Waals surface area contributed by atoms with E-state index in [1.54, 1.807) is 30.3 Å². The van der Waals surface area contributed by atoms with Gasteiger partial charge in [0.25, 0.3) is 0 Å². The molecule has 0 aliphatic rings. The van der Waals surface area contributed by atoms with Gasteiger partial charge in [-0.25, -0.2) is 4.98 Å². The second kappa shape index (κ2) is 10.4. The maximum atomic E-state index is 12.6. The molecule has 0 radical (unpaired) electrons. The first kappa shape index (κ1) is 24.2. The van der Waals surface area contributed by atoms with E-state index in [4.69, 9.17) is 32.7 Å². The van der Waals surface area contributed by atoms with Gasteiger partial charge < -0.3 is 9.47 Å². The Morgan fingerprint density at radius 2 is 1.91 bits per heavy atom. The van der Waals surface area contributed by atoms with Gasteiger partial charge >= 0.3 is 6.18 Å². The van der Waals surface area contributed by atoms with Crippen LogP contribution in [-0.2, 0) is 12.8 Å². The van der Waals surface area contributed by atoms with Gasteiger partial charge in [-0.15, -0.1) is 0 Å². The number of hydrazone groups is 1. The van der Waals surface area contributed by atoms with Crippen molar-refractivity contribution in [2.24, 2.45) is 5.10 Å². The number of aromatic nitrogens is 1. The average Bonchev–Trinajstić information content (AvgIpc) is 2.74. The molecule has 0 unspecified atom stereocenters. The predicted octanol–water partition coefficient (Wildman–Crippen LogP) is 7.20. The van der Waals surface area contributed by atoms with E-state index in [1.807, 2.05) is 0 Å². The van der Waals surface area contributed by atoms with Crippen molar-refractivity contribution >= 4 is 51.2 Å². The van der Waals surface area contributed by atoms with Gasteiger partial charge in [0.2, 0.25) is 0 Å². The number of pyridine rings is 1. The second-order valence-electron chi connectivity index (χ2n) is 6.35. The number of alkyl halides is 3. The summed E-state index contributed by atoms with van der Waals surface area (Å²) in [5.74, 6) is 1.09. The molecule has 1 N–H and O–H groups in total. The van der Waals surface area contributed by atoms with E-state index in [-0.39, 0.29) is 12.4 Å². The Hall–Kier alpha value is -2.49. The Morgan fingerprint density at radius 3 is 2.53 bits per heavy atom. The molecule has 1 aromatic heterocycles. The highest BCUT2D eigenvalue weighted by molar-refractivity contribution is 9.10. The van der Waals surface area contributed by atoms with Crippen molar-refractivity contribution in [1.29, 1.82) is 0 Å². The topological polar surface area (TPSA) is 55.7 Å². The van der Waals surface area contributed by atoms with Crippen LogP contribution < -0.4 is 14.9 Å².